The van der Waals surface area contributed by atoms with Crippen molar-refractivity contribution in [3.8, 4) is 0 Å². The first-order valence-corrected chi connectivity index (χ1v) is 8.72. The van der Waals surface area contributed by atoms with Gasteiger partial charge in [0.1, 0.15) is 0 Å². The van der Waals surface area contributed by atoms with Gasteiger partial charge in [-0.3, -0.25) is 28.9 Å². The molecule has 2 atom stereocenters. The topological polar surface area (TPSA) is 165 Å². The lowest BCUT2D eigenvalue weighted by atomic mass is 9.94. The Balaban J connectivity index is 4.91. The maximum Gasteiger partial charge on any atom is 0.317 e. The van der Waals surface area contributed by atoms with Crippen LogP contribution in [0.5, 0.6) is 0 Å². The first-order chi connectivity index (χ1) is 12.8. The van der Waals surface area contributed by atoms with Gasteiger partial charge < -0.3 is 26.2 Å². The molecule has 0 radical (unpaired) electrons. The van der Waals surface area contributed by atoms with Crippen molar-refractivity contribution >= 4 is 29.5 Å². The number of nitrogens with zero attached hydrogens (tertiary/aromatic N) is 1. The van der Waals surface area contributed by atoms with E-state index in [1.807, 2.05) is 0 Å². The van der Waals surface area contributed by atoms with Gasteiger partial charge in [-0.1, -0.05) is 0 Å². The van der Waals surface area contributed by atoms with Crippen molar-refractivity contribution in [1.82, 2.24) is 20.9 Å². The van der Waals surface area contributed by atoms with Crippen LogP contribution < -0.4 is 16.0 Å². The lowest BCUT2D eigenvalue weighted by Crippen LogP contribution is -2.55. The molecule has 5 N–H and O–H groups in total. The molecule has 11 heteroatoms. The molecule has 0 aliphatic heterocycles. The molecule has 0 aromatic heterocycles. The Morgan fingerprint density at radius 3 is 1.89 bits per heavy atom. The molecule has 0 heterocycles. The highest BCUT2D eigenvalue weighted by atomic mass is 16.4. The zero-order chi connectivity index (χ0) is 22.1. The predicted octanol–water partition coefficient (Wildman–Crippen LogP) is -1.58. The quantitative estimate of drug-likeness (QED) is 0.244. The minimum absolute atomic E-state index is 0.184. The first kappa shape index (κ1) is 25.5. The smallest absolute Gasteiger partial charge is 0.317 e. The third kappa shape index (κ3) is 10.6. The Morgan fingerprint density at radius 2 is 1.50 bits per heavy atom. The van der Waals surface area contributed by atoms with Crippen molar-refractivity contribution in [2.75, 3.05) is 26.7 Å². The number of carboxylic acids is 2. The fraction of sp³-hybridized carbons (Fsp3) is 0.706. The maximum absolute atomic E-state index is 12.3. The Bertz CT molecular complexity index is 590. The van der Waals surface area contributed by atoms with E-state index in [1.54, 1.807) is 27.8 Å². The number of likely N-dealkylation sites (N-methyl/N-ethyl adjacent to an activating group) is 1. The molecule has 0 aliphatic rings. The highest BCUT2D eigenvalue weighted by Crippen LogP contribution is 2.12. The average Bonchev–Trinajstić information content (AvgIpc) is 2.50. The van der Waals surface area contributed by atoms with Crippen molar-refractivity contribution in [2.24, 2.45) is 0 Å². The molecule has 160 valence electrons. The van der Waals surface area contributed by atoms with Gasteiger partial charge in [0.25, 0.3) is 0 Å². The monoisotopic (exact) mass is 402 g/mol. The van der Waals surface area contributed by atoms with E-state index in [0.717, 1.165) is 4.90 Å². The zero-order valence-corrected chi connectivity index (χ0v) is 16.9. The molecule has 11 nitrogen and oxygen atoms in total. The summed E-state index contributed by atoms with van der Waals surface area (Å²) in [4.78, 5) is 58.4. The number of carboxylic acid groups (broad SMARTS) is 2. The molecule has 0 bridgehead atoms. The number of nitrogens with one attached hydrogen (secondary N) is 3. The number of carbonyl (C=O) groups is 5. The molecule has 2 unspecified atom stereocenters. The predicted molar refractivity (Wildman–Crippen MR) is 99.7 cm³/mol. The van der Waals surface area contributed by atoms with Gasteiger partial charge in [0, 0.05) is 5.54 Å². The summed E-state index contributed by atoms with van der Waals surface area (Å²) in [5.74, 6) is -3.65. The number of ketones is 1. The fourth-order valence-electron chi connectivity index (χ4n) is 2.47. The van der Waals surface area contributed by atoms with E-state index in [4.69, 9.17) is 10.2 Å². The summed E-state index contributed by atoms with van der Waals surface area (Å²) in [6.45, 7) is 4.68. The summed E-state index contributed by atoms with van der Waals surface area (Å²) >= 11 is 0. The van der Waals surface area contributed by atoms with Crippen LogP contribution in [-0.4, -0.2) is 89.0 Å². The third-order valence-corrected chi connectivity index (χ3v) is 3.91. The first-order valence-electron chi connectivity index (χ1n) is 8.72. The van der Waals surface area contributed by atoms with Crippen molar-refractivity contribution in [3.05, 3.63) is 0 Å². The zero-order valence-electron chi connectivity index (χ0n) is 16.9. The van der Waals surface area contributed by atoms with E-state index in [-0.39, 0.29) is 12.2 Å². The van der Waals surface area contributed by atoms with Crippen LogP contribution in [0.15, 0.2) is 0 Å². The molecular formula is C17H30N4O7. The Kier molecular flexibility index (Phi) is 10.3. The summed E-state index contributed by atoms with van der Waals surface area (Å²) in [7, 11) is 1.57. The summed E-state index contributed by atoms with van der Waals surface area (Å²) in [5, 5.41) is 25.7. The number of hydrogen-bond acceptors (Lipinski definition) is 7. The Labute approximate surface area is 163 Å². The standard InChI is InChI=1S/C17H30N4O7/c1-10(11(2)22)19-16(28)12(18-5)6-17(3,4)20-13(23)7-21(8-14(24)25)9-15(26)27/h10,12,18H,6-9H2,1-5H3,(H,19,28)(H,20,23)(H,24,25)(H,26,27). The van der Waals surface area contributed by atoms with E-state index in [0.29, 0.717) is 0 Å². The molecule has 0 aliphatic carbocycles. The maximum atomic E-state index is 12.3. The fourth-order valence-corrected chi connectivity index (χ4v) is 2.47. The number of aliphatic carboxylic acids is 2. The molecule has 0 spiro atoms. The molecule has 0 aromatic rings. The van der Waals surface area contributed by atoms with Crippen LogP contribution >= 0.6 is 0 Å². The van der Waals surface area contributed by atoms with Gasteiger partial charge in [0.15, 0.2) is 5.78 Å². The Morgan fingerprint density at radius 1 is 1.00 bits per heavy atom. The number of amides is 2. The van der Waals surface area contributed by atoms with Crippen molar-refractivity contribution in [3.63, 3.8) is 0 Å². The van der Waals surface area contributed by atoms with Crippen LogP contribution in [0.1, 0.15) is 34.1 Å². The molecule has 0 saturated carbocycles. The number of Topliss-reactive ketones (excluding diaryl/α,β-unsaturated/α-hetero) is 1. The number of carbonyl (C=O) groups excluding carboxylic acids is 3. The Hall–Kier alpha value is -2.53. The van der Waals surface area contributed by atoms with Gasteiger partial charge in [0.2, 0.25) is 11.8 Å². The second-order valence-electron chi connectivity index (χ2n) is 7.25. The molecule has 0 rings (SSSR count). The summed E-state index contributed by atoms with van der Waals surface area (Å²) in [6.07, 6.45) is 0.184. The summed E-state index contributed by atoms with van der Waals surface area (Å²) < 4.78 is 0. The van der Waals surface area contributed by atoms with Gasteiger partial charge >= 0.3 is 11.9 Å². The highest BCUT2D eigenvalue weighted by molar-refractivity contribution is 5.89. The summed E-state index contributed by atoms with van der Waals surface area (Å²) in [6, 6.07) is -1.33. The lowest BCUT2D eigenvalue weighted by molar-refractivity contribution is -0.142. The van der Waals surface area contributed by atoms with Gasteiger partial charge in [0.05, 0.1) is 31.7 Å². The van der Waals surface area contributed by atoms with Gasteiger partial charge in [-0.2, -0.15) is 0 Å². The minimum atomic E-state index is -1.25. The van der Waals surface area contributed by atoms with Crippen molar-refractivity contribution < 1.29 is 34.2 Å². The van der Waals surface area contributed by atoms with Crippen molar-refractivity contribution in [1.29, 1.82) is 0 Å². The summed E-state index contributed by atoms with van der Waals surface area (Å²) in [5.41, 5.74) is -0.861. The van der Waals surface area contributed by atoms with Crippen molar-refractivity contribution in [2.45, 2.75) is 51.7 Å². The normalized spacial score (nSPS) is 13.5. The van der Waals surface area contributed by atoms with Gasteiger partial charge in [-0.25, -0.2) is 0 Å². The van der Waals surface area contributed by atoms with E-state index >= 15 is 0 Å². The highest BCUT2D eigenvalue weighted by Gasteiger charge is 2.30. The van der Waals surface area contributed by atoms with E-state index in [1.165, 1.54) is 6.92 Å². The largest absolute Gasteiger partial charge is 0.480 e. The van der Waals surface area contributed by atoms with E-state index in [2.05, 4.69) is 16.0 Å². The van der Waals surface area contributed by atoms with Crippen LogP contribution in [0.4, 0.5) is 0 Å². The van der Waals surface area contributed by atoms with Gasteiger partial charge in [-0.15, -0.1) is 0 Å². The molecule has 0 fully saturated rings. The lowest BCUT2D eigenvalue weighted by Gasteiger charge is -2.31. The van der Waals surface area contributed by atoms with Crippen LogP contribution in [0.25, 0.3) is 0 Å². The third-order valence-electron chi connectivity index (χ3n) is 3.91. The molecule has 0 aromatic carbocycles. The van der Waals surface area contributed by atoms with Crippen LogP contribution in [0.2, 0.25) is 0 Å². The van der Waals surface area contributed by atoms with Gasteiger partial charge in [-0.05, 0) is 41.2 Å². The second kappa shape index (κ2) is 11.3. The number of hydrogen-bond donors (Lipinski definition) is 5. The second-order valence-corrected chi connectivity index (χ2v) is 7.25. The van der Waals surface area contributed by atoms with E-state index < -0.39 is 61.0 Å². The number of rotatable bonds is 13. The molecular weight excluding hydrogens is 372 g/mol. The molecule has 0 saturated heterocycles. The average molecular weight is 402 g/mol. The minimum Gasteiger partial charge on any atom is -0.480 e. The van der Waals surface area contributed by atoms with Crippen LogP contribution in [0, 0.1) is 0 Å². The van der Waals surface area contributed by atoms with Crippen LogP contribution in [-0.2, 0) is 24.0 Å². The SMILES string of the molecule is CNC(CC(C)(C)NC(=O)CN(CC(=O)O)CC(=O)O)C(=O)NC(C)C(C)=O. The molecule has 2 amide bonds. The van der Waals surface area contributed by atoms with Crippen LogP contribution in [0.3, 0.4) is 0 Å². The van der Waals surface area contributed by atoms with E-state index in [9.17, 15) is 24.0 Å². The molecule has 28 heavy (non-hydrogen) atoms.